The van der Waals surface area contributed by atoms with Crippen LogP contribution in [0.1, 0.15) is 11.3 Å². The van der Waals surface area contributed by atoms with Crippen molar-refractivity contribution >= 4 is 35.0 Å². The highest BCUT2D eigenvalue weighted by molar-refractivity contribution is 6.42. The standard InChI is InChI=1S/C15H13Cl2N3O2/c16-12-6-3-4-10(13(12)17)8-20(15(22)14(18)21)9-11-5-1-2-7-19-11/h1-7H,8-9H2,(H2,18,21). The fourth-order valence-corrected chi connectivity index (χ4v) is 2.30. The number of hydrogen-bond acceptors (Lipinski definition) is 3. The molecule has 2 N–H and O–H groups in total. The summed E-state index contributed by atoms with van der Waals surface area (Å²) < 4.78 is 0. The number of nitrogens with zero attached hydrogens (tertiary/aromatic N) is 2. The number of hydrogen-bond donors (Lipinski definition) is 1. The Morgan fingerprint density at radius 1 is 1.09 bits per heavy atom. The van der Waals surface area contributed by atoms with Crippen molar-refractivity contribution in [2.75, 3.05) is 0 Å². The van der Waals surface area contributed by atoms with E-state index in [-0.39, 0.29) is 13.1 Å². The summed E-state index contributed by atoms with van der Waals surface area (Å²) in [5.74, 6) is -1.84. The van der Waals surface area contributed by atoms with Crippen LogP contribution in [0.4, 0.5) is 0 Å². The van der Waals surface area contributed by atoms with Crippen molar-refractivity contribution in [3.63, 3.8) is 0 Å². The lowest BCUT2D eigenvalue weighted by molar-refractivity contribution is -0.145. The van der Waals surface area contributed by atoms with Crippen LogP contribution in [-0.4, -0.2) is 21.7 Å². The monoisotopic (exact) mass is 337 g/mol. The third-order valence-corrected chi connectivity index (χ3v) is 3.83. The summed E-state index contributed by atoms with van der Waals surface area (Å²) in [6.07, 6.45) is 1.61. The predicted octanol–water partition coefficient (Wildman–Crippen LogP) is 2.40. The Kier molecular flexibility index (Phi) is 5.35. The first-order chi connectivity index (χ1) is 10.5. The molecule has 5 nitrogen and oxygen atoms in total. The molecule has 0 saturated heterocycles. The van der Waals surface area contributed by atoms with Crippen LogP contribution in [0.5, 0.6) is 0 Å². The highest BCUT2D eigenvalue weighted by Crippen LogP contribution is 2.26. The molecule has 1 aromatic heterocycles. The van der Waals surface area contributed by atoms with E-state index in [1.165, 1.54) is 4.90 Å². The maximum Gasteiger partial charge on any atom is 0.312 e. The lowest BCUT2D eigenvalue weighted by Crippen LogP contribution is -2.39. The normalized spacial score (nSPS) is 10.3. The lowest BCUT2D eigenvalue weighted by Gasteiger charge is -2.21. The Hall–Kier alpha value is -2.11. The van der Waals surface area contributed by atoms with Crippen LogP contribution in [-0.2, 0) is 22.7 Å². The maximum absolute atomic E-state index is 12.0. The van der Waals surface area contributed by atoms with Crippen molar-refractivity contribution in [1.82, 2.24) is 9.88 Å². The molecule has 2 aromatic rings. The van der Waals surface area contributed by atoms with Gasteiger partial charge in [0.25, 0.3) is 0 Å². The van der Waals surface area contributed by atoms with E-state index in [4.69, 9.17) is 28.9 Å². The van der Waals surface area contributed by atoms with Crippen molar-refractivity contribution in [1.29, 1.82) is 0 Å². The second-order valence-corrected chi connectivity index (χ2v) is 5.34. The van der Waals surface area contributed by atoms with Gasteiger partial charge in [0.05, 0.1) is 22.3 Å². The Balaban J connectivity index is 2.27. The van der Waals surface area contributed by atoms with Gasteiger partial charge in [0.1, 0.15) is 0 Å². The molecule has 1 aromatic carbocycles. The molecule has 0 aliphatic rings. The van der Waals surface area contributed by atoms with E-state index in [1.54, 1.807) is 42.6 Å². The van der Waals surface area contributed by atoms with Crippen LogP contribution >= 0.6 is 23.2 Å². The van der Waals surface area contributed by atoms with Crippen LogP contribution in [0.25, 0.3) is 0 Å². The second kappa shape index (κ2) is 7.24. The SMILES string of the molecule is NC(=O)C(=O)N(Cc1ccccn1)Cc1cccc(Cl)c1Cl. The Labute approximate surface area is 137 Å². The minimum absolute atomic E-state index is 0.109. The van der Waals surface area contributed by atoms with Crippen molar-refractivity contribution in [2.24, 2.45) is 5.73 Å². The number of amides is 2. The average Bonchev–Trinajstić information content (AvgIpc) is 2.51. The molecular weight excluding hydrogens is 325 g/mol. The minimum atomic E-state index is -1.03. The van der Waals surface area contributed by atoms with E-state index in [0.717, 1.165) is 0 Å². The number of carbonyl (C=O) groups excluding carboxylic acids is 2. The average molecular weight is 338 g/mol. The molecule has 0 fully saturated rings. The fourth-order valence-electron chi connectivity index (χ4n) is 1.92. The zero-order valence-corrected chi connectivity index (χ0v) is 13.0. The molecule has 7 heteroatoms. The van der Waals surface area contributed by atoms with Crippen molar-refractivity contribution in [3.8, 4) is 0 Å². The molecule has 0 radical (unpaired) electrons. The molecule has 1 heterocycles. The minimum Gasteiger partial charge on any atom is -0.361 e. The van der Waals surface area contributed by atoms with E-state index >= 15 is 0 Å². The van der Waals surface area contributed by atoms with E-state index < -0.39 is 11.8 Å². The number of benzene rings is 1. The van der Waals surface area contributed by atoms with Crippen LogP contribution in [0, 0.1) is 0 Å². The van der Waals surface area contributed by atoms with Crippen molar-refractivity contribution in [2.45, 2.75) is 13.1 Å². The van der Waals surface area contributed by atoms with Crippen molar-refractivity contribution < 1.29 is 9.59 Å². The number of rotatable bonds is 4. The first-order valence-electron chi connectivity index (χ1n) is 6.40. The maximum atomic E-state index is 12.0. The van der Waals surface area contributed by atoms with Gasteiger partial charge in [-0.3, -0.25) is 14.6 Å². The fraction of sp³-hybridized carbons (Fsp3) is 0.133. The molecule has 2 amide bonds. The molecule has 0 atom stereocenters. The first-order valence-corrected chi connectivity index (χ1v) is 7.16. The molecule has 0 spiro atoms. The summed E-state index contributed by atoms with van der Waals surface area (Å²) in [6, 6.07) is 10.4. The summed E-state index contributed by atoms with van der Waals surface area (Å²) in [5.41, 5.74) is 6.36. The smallest absolute Gasteiger partial charge is 0.312 e. The van der Waals surface area contributed by atoms with Gasteiger partial charge in [0, 0.05) is 12.7 Å². The highest BCUT2D eigenvalue weighted by Gasteiger charge is 2.21. The van der Waals surface area contributed by atoms with Crippen LogP contribution in [0.15, 0.2) is 42.6 Å². The van der Waals surface area contributed by atoms with Crippen LogP contribution in [0.2, 0.25) is 10.0 Å². The summed E-state index contributed by atoms with van der Waals surface area (Å²) in [5, 5.41) is 0.718. The van der Waals surface area contributed by atoms with Gasteiger partial charge in [-0.15, -0.1) is 0 Å². The summed E-state index contributed by atoms with van der Waals surface area (Å²) in [4.78, 5) is 28.6. The van der Waals surface area contributed by atoms with Gasteiger partial charge >= 0.3 is 11.8 Å². The number of carbonyl (C=O) groups is 2. The molecule has 0 aliphatic carbocycles. The topological polar surface area (TPSA) is 76.3 Å². The van der Waals surface area contributed by atoms with E-state index in [9.17, 15) is 9.59 Å². The molecule has 22 heavy (non-hydrogen) atoms. The van der Waals surface area contributed by atoms with Gasteiger partial charge in [-0.25, -0.2) is 0 Å². The van der Waals surface area contributed by atoms with Crippen molar-refractivity contribution in [3.05, 3.63) is 63.9 Å². The van der Waals surface area contributed by atoms with Gasteiger partial charge in [-0.1, -0.05) is 41.4 Å². The van der Waals surface area contributed by atoms with Gasteiger partial charge in [-0.05, 0) is 23.8 Å². The molecule has 0 saturated carbocycles. The summed E-state index contributed by atoms with van der Waals surface area (Å²) in [6.45, 7) is 0.253. The molecular formula is C15H13Cl2N3O2. The molecule has 0 bridgehead atoms. The molecule has 0 unspecified atom stereocenters. The number of pyridine rings is 1. The quantitative estimate of drug-likeness (QED) is 0.870. The zero-order chi connectivity index (χ0) is 16.1. The lowest BCUT2D eigenvalue weighted by atomic mass is 10.2. The van der Waals surface area contributed by atoms with E-state index in [1.807, 2.05) is 0 Å². The van der Waals surface area contributed by atoms with Gasteiger partial charge in [0.2, 0.25) is 0 Å². The van der Waals surface area contributed by atoms with Crippen LogP contribution in [0.3, 0.4) is 0 Å². The number of aromatic nitrogens is 1. The van der Waals surface area contributed by atoms with E-state index in [2.05, 4.69) is 4.98 Å². The van der Waals surface area contributed by atoms with E-state index in [0.29, 0.717) is 21.3 Å². The second-order valence-electron chi connectivity index (χ2n) is 4.56. The Morgan fingerprint density at radius 3 is 2.50 bits per heavy atom. The summed E-state index contributed by atoms with van der Waals surface area (Å²) >= 11 is 12.1. The molecule has 114 valence electrons. The van der Waals surface area contributed by atoms with Gasteiger partial charge < -0.3 is 10.6 Å². The largest absolute Gasteiger partial charge is 0.361 e. The third-order valence-electron chi connectivity index (χ3n) is 2.97. The number of primary amides is 1. The first kappa shape index (κ1) is 16.3. The van der Waals surface area contributed by atoms with Crippen LogP contribution < -0.4 is 5.73 Å². The molecule has 0 aliphatic heterocycles. The predicted molar refractivity (Wildman–Crippen MR) is 84.1 cm³/mol. The zero-order valence-electron chi connectivity index (χ0n) is 11.5. The number of nitrogens with two attached hydrogens (primary N) is 1. The Morgan fingerprint density at radius 2 is 1.86 bits per heavy atom. The summed E-state index contributed by atoms with van der Waals surface area (Å²) in [7, 11) is 0. The Bertz CT molecular complexity index is 692. The van der Waals surface area contributed by atoms with Gasteiger partial charge in [0.15, 0.2) is 0 Å². The highest BCUT2D eigenvalue weighted by atomic mass is 35.5. The number of halogens is 2. The third kappa shape index (κ3) is 3.96. The van der Waals surface area contributed by atoms with Gasteiger partial charge in [-0.2, -0.15) is 0 Å². The molecule has 2 rings (SSSR count).